The van der Waals surface area contributed by atoms with Crippen LogP contribution < -0.4 is 0 Å². The highest BCUT2D eigenvalue weighted by Crippen LogP contribution is 2.44. The average molecular weight is 204 g/mol. The lowest BCUT2D eigenvalue weighted by Gasteiger charge is -2.36. The van der Waals surface area contributed by atoms with Gasteiger partial charge in [-0.15, -0.1) is 0 Å². The Kier molecular flexibility index (Phi) is 2.55. The smallest absolute Gasteiger partial charge is 0.166 e. The summed E-state index contributed by atoms with van der Waals surface area (Å²) in [6.07, 6.45) is -1.39. The van der Waals surface area contributed by atoms with Crippen molar-refractivity contribution >= 4 is 0 Å². The molecule has 80 valence electrons. The van der Waals surface area contributed by atoms with Crippen molar-refractivity contribution in [3.05, 3.63) is 23.3 Å². The van der Waals surface area contributed by atoms with Gasteiger partial charge in [-0.1, -0.05) is 38.5 Å². The second kappa shape index (κ2) is 3.14. The Hall–Kier alpha value is -0.730. The predicted molar refractivity (Wildman–Crippen MR) is 50.8 cm³/mol. The third-order valence-electron chi connectivity index (χ3n) is 3.37. The fourth-order valence-electron chi connectivity index (χ4n) is 1.60. The summed E-state index contributed by atoms with van der Waals surface area (Å²) in [5, 5.41) is 0. The third kappa shape index (κ3) is 1.72. The first kappa shape index (κ1) is 11.3. The Morgan fingerprint density at radius 1 is 1.29 bits per heavy atom. The lowest BCUT2D eigenvalue weighted by Crippen LogP contribution is -2.29. The van der Waals surface area contributed by atoms with Crippen LogP contribution in [0.15, 0.2) is 23.3 Å². The minimum atomic E-state index is -4.22. The lowest BCUT2D eigenvalue weighted by molar-refractivity contribution is -0.0905. The van der Waals surface area contributed by atoms with E-state index < -0.39 is 17.2 Å². The van der Waals surface area contributed by atoms with Crippen molar-refractivity contribution in [1.29, 1.82) is 0 Å². The molecule has 1 aliphatic carbocycles. The van der Waals surface area contributed by atoms with Crippen LogP contribution in [-0.2, 0) is 0 Å². The molecular formula is C11H15F3. The molecule has 1 unspecified atom stereocenters. The fraction of sp³-hybridized carbons (Fsp3) is 0.636. The van der Waals surface area contributed by atoms with Gasteiger partial charge >= 0.3 is 6.18 Å². The maximum Gasteiger partial charge on any atom is 0.416 e. The first-order valence-corrected chi connectivity index (χ1v) is 4.64. The highest BCUT2D eigenvalue weighted by molar-refractivity contribution is 5.37. The molecule has 0 N–H and O–H groups in total. The number of hydrogen-bond acceptors (Lipinski definition) is 0. The summed E-state index contributed by atoms with van der Waals surface area (Å²) in [5.74, 6) is 0.147. The second-order valence-corrected chi connectivity index (χ2v) is 4.41. The van der Waals surface area contributed by atoms with Gasteiger partial charge in [-0.3, -0.25) is 0 Å². The van der Waals surface area contributed by atoms with Gasteiger partial charge in [0.25, 0.3) is 0 Å². The molecule has 0 fully saturated rings. The van der Waals surface area contributed by atoms with Gasteiger partial charge < -0.3 is 0 Å². The van der Waals surface area contributed by atoms with Crippen LogP contribution in [0.1, 0.15) is 27.7 Å². The van der Waals surface area contributed by atoms with Crippen molar-refractivity contribution in [3.8, 4) is 0 Å². The molecular weight excluding hydrogens is 189 g/mol. The van der Waals surface area contributed by atoms with E-state index in [0.29, 0.717) is 5.57 Å². The summed E-state index contributed by atoms with van der Waals surface area (Å²) in [6.45, 7) is 7.21. The Bertz CT molecular complexity index is 292. The van der Waals surface area contributed by atoms with Gasteiger partial charge in [0.05, 0.1) is 5.57 Å². The van der Waals surface area contributed by atoms with Gasteiger partial charge in [0.15, 0.2) is 0 Å². The monoisotopic (exact) mass is 204 g/mol. The van der Waals surface area contributed by atoms with Crippen molar-refractivity contribution < 1.29 is 13.2 Å². The van der Waals surface area contributed by atoms with Gasteiger partial charge in [-0.2, -0.15) is 13.2 Å². The topological polar surface area (TPSA) is 0 Å². The average Bonchev–Trinajstić information content (AvgIpc) is 1.99. The molecule has 0 aromatic heterocycles. The van der Waals surface area contributed by atoms with E-state index in [1.165, 1.54) is 6.08 Å². The van der Waals surface area contributed by atoms with E-state index in [2.05, 4.69) is 0 Å². The first-order valence-electron chi connectivity index (χ1n) is 4.64. The van der Waals surface area contributed by atoms with Gasteiger partial charge in [-0.05, 0) is 18.3 Å². The molecule has 0 aliphatic heterocycles. The zero-order valence-electron chi connectivity index (χ0n) is 8.87. The number of hydrogen-bond donors (Lipinski definition) is 0. The Morgan fingerprint density at radius 3 is 2.21 bits per heavy atom. The number of halogens is 3. The minimum Gasteiger partial charge on any atom is -0.166 e. The molecule has 0 saturated heterocycles. The van der Waals surface area contributed by atoms with E-state index in [1.807, 2.05) is 20.8 Å². The first-order chi connectivity index (χ1) is 6.17. The molecule has 1 atom stereocenters. The highest BCUT2D eigenvalue weighted by atomic mass is 19.4. The van der Waals surface area contributed by atoms with Crippen LogP contribution in [0.3, 0.4) is 0 Å². The lowest BCUT2D eigenvalue weighted by atomic mass is 9.69. The third-order valence-corrected chi connectivity index (χ3v) is 3.37. The van der Waals surface area contributed by atoms with Crippen LogP contribution in [-0.4, -0.2) is 6.18 Å². The van der Waals surface area contributed by atoms with Crippen molar-refractivity contribution in [3.63, 3.8) is 0 Å². The Labute approximate surface area is 82.5 Å². The van der Waals surface area contributed by atoms with Crippen LogP contribution in [0.2, 0.25) is 0 Å². The van der Waals surface area contributed by atoms with E-state index in [9.17, 15) is 13.2 Å². The second-order valence-electron chi connectivity index (χ2n) is 4.41. The fourth-order valence-corrected chi connectivity index (χ4v) is 1.60. The molecule has 0 amide bonds. The van der Waals surface area contributed by atoms with Crippen LogP contribution in [0.5, 0.6) is 0 Å². The molecule has 0 spiro atoms. The molecule has 3 heteroatoms. The molecule has 0 radical (unpaired) electrons. The number of allylic oxidation sites excluding steroid dienone is 4. The van der Waals surface area contributed by atoms with Crippen molar-refractivity contribution in [2.75, 3.05) is 0 Å². The van der Waals surface area contributed by atoms with Gasteiger partial charge in [0.2, 0.25) is 0 Å². The zero-order valence-corrected chi connectivity index (χ0v) is 8.87. The van der Waals surface area contributed by atoms with Crippen molar-refractivity contribution in [2.45, 2.75) is 33.9 Å². The summed E-state index contributed by atoms with van der Waals surface area (Å²) in [5.41, 5.74) is -0.458. The van der Waals surface area contributed by atoms with Crippen LogP contribution in [0.25, 0.3) is 0 Å². The van der Waals surface area contributed by atoms with Crippen LogP contribution in [0, 0.1) is 11.3 Å². The molecule has 0 saturated carbocycles. The highest BCUT2D eigenvalue weighted by Gasteiger charge is 2.40. The molecule has 0 aromatic carbocycles. The largest absolute Gasteiger partial charge is 0.416 e. The van der Waals surface area contributed by atoms with E-state index in [0.717, 1.165) is 0 Å². The molecule has 0 aromatic rings. The predicted octanol–water partition coefficient (Wildman–Crippen LogP) is 4.10. The molecule has 0 bridgehead atoms. The summed E-state index contributed by atoms with van der Waals surface area (Å²) >= 11 is 0. The van der Waals surface area contributed by atoms with Gasteiger partial charge in [0.1, 0.15) is 0 Å². The van der Waals surface area contributed by atoms with Crippen molar-refractivity contribution in [2.24, 2.45) is 11.3 Å². The maximum absolute atomic E-state index is 12.6. The normalized spacial score (nSPS) is 26.9. The number of rotatable bonds is 0. The summed E-state index contributed by atoms with van der Waals surface area (Å²) < 4.78 is 37.7. The van der Waals surface area contributed by atoms with Gasteiger partial charge in [-0.25, -0.2) is 0 Å². The summed E-state index contributed by atoms with van der Waals surface area (Å²) in [7, 11) is 0. The molecule has 1 rings (SSSR count). The molecule has 1 aliphatic rings. The molecule has 14 heavy (non-hydrogen) atoms. The molecule has 0 nitrogen and oxygen atoms in total. The molecule has 0 heterocycles. The quantitative estimate of drug-likeness (QED) is 0.557. The van der Waals surface area contributed by atoms with E-state index >= 15 is 0 Å². The minimum absolute atomic E-state index is 0.147. The van der Waals surface area contributed by atoms with Crippen LogP contribution >= 0.6 is 0 Å². The Morgan fingerprint density at radius 2 is 1.79 bits per heavy atom. The summed E-state index contributed by atoms with van der Waals surface area (Å²) in [6, 6.07) is 0. The standard InChI is InChI=1S/C11H15F3/c1-7-5-6-9(11(12,13)14)8(2)10(7,3)4/h5-7H,1-4H3. The van der Waals surface area contributed by atoms with E-state index in [1.54, 1.807) is 13.0 Å². The Balaban J connectivity index is 3.21. The van der Waals surface area contributed by atoms with E-state index in [4.69, 9.17) is 0 Å². The number of alkyl halides is 3. The zero-order chi connectivity index (χ0) is 11.1. The van der Waals surface area contributed by atoms with Crippen LogP contribution in [0.4, 0.5) is 13.2 Å². The maximum atomic E-state index is 12.6. The van der Waals surface area contributed by atoms with Gasteiger partial charge in [0, 0.05) is 0 Å². The van der Waals surface area contributed by atoms with Crippen molar-refractivity contribution in [1.82, 2.24) is 0 Å². The SMILES string of the molecule is CC1=C(C(F)(F)F)C=CC(C)C1(C)C. The van der Waals surface area contributed by atoms with E-state index in [-0.39, 0.29) is 5.92 Å². The summed E-state index contributed by atoms with van der Waals surface area (Å²) in [4.78, 5) is 0.